The smallest absolute Gasteiger partial charge is 0.308 e. The van der Waals surface area contributed by atoms with E-state index in [0.717, 1.165) is 40.5 Å². The highest BCUT2D eigenvalue weighted by molar-refractivity contribution is 9.10. The highest BCUT2D eigenvalue weighted by atomic mass is 79.9. The first kappa shape index (κ1) is 13.5. The van der Waals surface area contributed by atoms with Gasteiger partial charge in [-0.3, -0.25) is 4.79 Å². The molecule has 0 radical (unpaired) electrons. The van der Waals surface area contributed by atoms with Crippen molar-refractivity contribution in [1.82, 2.24) is 14.8 Å². The fourth-order valence-electron chi connectivity index (χ4n) is 2.34. The van der Waals surface area contributed by atoms with Gasteiger partial charge in [0.2, 0.25) is 0 Å². The Morgan fingerprint density at radius 3 is 3.05 bits per heavy atom. The summed E-state index contributed by atoms with van der Waals surface area (Å²) < 4.78 is 8.03. The van der Waals surface area contributed by atoms with E-state index in [-0.39, 0.29) is 11.9 Å². The molecule has 2 aromatic heterocycles. The Morgan fingerprint density at radius 1 is 1.55 bits per heavy atom. The van der Waals surface area contributed by atoms with Crippen LogP contribution >= 0.6 is 15.9 Å². The van der Waals surface area contributed by atoms with Crippen LogP contribution in [0.5, 0.6) is 0 Å². The maximum Gasteiger partial charge on any atom is 0.308 e. The van der Waals surface area contributed by atoms with Crippen LogP contribution in [0.1, 0.15) is 25.0 Å². The molecule has 0 N–H and O–H groups in total. The van der Waals surface area contributed by atoms with Crippen molar-refractivity contribution in [3.05, 3.63) is 22.4 Å². The summed E-state index contributed by atoms with van der Waals surface area (Å²) in [7, 11) is 0. The molecule has 2 heterocycles. The topological polar surface area (TPSA) is 57.0 Å². The average molecular weight is 338 g/mol. The normalized spacial score (nSPS) is 15.3. The van der Waals surface area contributed by atoms with Gasteiger partial charge in [0.15, 0.2) is 5.65 Å². The zero-order chi connectivity index (χ0) is 14.1. The third kappa shape index (κ3) is 2.57. The molecule has 0 amide bonds. The minimum atomic E-state index is -0.0693. The molecule has 3 rings (SSSR count). The fraction of sp³-hybridized carbons (Fsp3) is 0.500. The Bertz CT molecular complexity index is 649. The van der Waals surface area contributed by atoms with Gasteiger partial charge in [-0.1, -0.05) is 6.42 Å². The van der Waals surface area contributed by atoms with Crippen LogP contribution in [0.2, 0.25) is 0 Å². The van der Waals surface area contributed by atoms with Crippen molar-refractivity contribution in [2.75, 3.05) is 6.61 Å². The van der Waals surface area contributed by atoms with E-state index >= 15 is 0 Å². The molecule has 0 spiro atoms. The van der Waals surface area contributed by atoms with Gasteiger partial charge in [0, 0.05) is 16.1 Å². The lowest BCUT2D eigenvalue weighted by atomic mass is 9.86. The number of hydrogen-bond donors (Lipinski definition) is 0. The van der Waals surface area contributed by atoms with Gasteiger partial charge >= 0.3 is 5.97 Å². The number of aryl methyl sites for hydroxylation is 1. The van der Waals surface area contributed by atoms with Crippen molar-refractivity contribution >= 4 is 32.9 Å². The second-order valence-corrected chi connectivity index (χ2v) is 6.04. The lowest BCUT2D eigenvalue weighted by Gasteiger charge is -2.22. The zero-order valence-electron chi connectivity index (χ0n) is 11.3. The number of pyridine rings is 1. The van der Waals surface area contributed by atoms with Crippen LogP contribution < -0.4 is 0 Å². The molecule has 0 unspecified atom stereocenters. The highest BCUT2D eigenvalue weighted by Crippen LogP contribution is 2.27. The first-order chi connectivity index (χ1) is 9.65. The molecule has 1 aliphatic carbocycles. The molecule has 1 aliphatic rings. The first-order valence-corrected chi connectivity index (χ1v) is 7.60. The largest absolute Gasteiger partial charge is 0.463 e. The van der Waals surface area contributed by atoms with E-state index in [1.807, 2.05) is 13.0 Å². The molecule has 0 aliphatic heterocycles. The Morgan fingerprint density at radius 2 is 2.35 bits per heavy atom. The van der Waals surface area contributed by atoms with Gasteiger partial charge in [-0.25, -0.2) is 9.67 Å². The van der Waals surface area contributed by atoms with Gasteiger partial charge < -0.3 is 4.74 Å². The van der Waals surface area contributed by atoms with Crippen molar-refractivity contribution in [2.45, 2.75) is 32.7 Å². The van der Waals surface area contributed by atoms with Gasteiger partial charge in [0.05, 0.1) is 18.2 Å². The summed E-state index contributed by atoms with van der Waals surface area (Å²) in [6.45, 7) is 2.84. The third-order valence-electron chi connectivity index (χ3n) is 3.72. The summed E-state index contributed by atoms with van der Waals surface area (Å²) >= 11 is 3.41. The molecule has 0 bridgehead atoms. The van der Waals surface area contributed by atoms with E-state index in [0.29, 0.717) is 13.2 Å². The third-order valence-corrected chi connectivity index (χ3v) is 4.16. The fourth-order valence-corrected chi connectivity index (χ4v) is 2.67. The molecule has 20 heavy (non-hydrogen) atoms. The summed E-state index contributed by atoms with van der Waals surface area (Å²) in [5, 5.41) is 5.47. The lowest BCUT2D eigenvalue weighted by molar-refractivity contribution is -0.151. The molecule has 1 saturated carbocycles. The minimum absolute atomic E-state index is 0.0693. The predicted octanol–water partition coefficient (Wildman–Crippen LogP) is 2.85. The molecule has 5 nitrogen and oxygen atoms in total. The summed E-state index contributed by atoms with van der Waals surface area (Å²) in [6.07, 6.45) is 4.83. The summed E-state index contributed by atoms with van der Waals surface area (Å²) in [5.74, 6) is 0.0559. The van der Waals surface area contributed by atoms with Crippen LogP contribution in [0, 0.1) is 12.8 Å². The molecular weight excluding hydrogens is 322 g/mol. The number of aromatic nitrogens is 3. The monoisotopic (exact) mass is 337 g/mol. The Balaban J connectivity index is 1.66. The van der Waals surface area contributed by atoms with Crippen LogP contribution in [-0.4, -0.2) is 27.3 Å². The van der Waals surface area contributed by atoms with E-state index in [2.05, 4.69) is 26.0 Å². The summed E-state index contributed by atoms with van der Waals surface area (Å²) in [6, 6.07) is 2.00. The number of carbonyl (C=O) groups excluding carboxylic acids is 1. The molecular formula is C14H16BrN3O2. The summed E-state index contributed by atoms with van der Waals surface area (Å²) in [4.78, 5) is 16.0. The Hall–Kier alpha value is -1.43. The number of carbonyl (C=O) groups is 1. The van der Waals surface area contributed by atoms with Crippen LogP contribution in [-0.2, 0) is 16.1 Å². The number of esters is 1. The number of hydrogen-bond acceptors (Lipinski definition) is 4. The maximum atomic E-state index is 11.7. The Labute approximate surface area is 125 Å². The van der Waals surface area contributed by atoms with Crippen molar-refractivity contribution in [1.29, 1.82) is 0 Å². The van der Waals surface area contributed by atoms with Crippen molar-refractivity contribution in [2.24, 2.45) is 5.92 Å². The van der Waals surface area contributed by atoms with Gasteiger partial charge in [-0.2, -0.15) is 5.10 Å². The van der Waals surface area contributed by atoms with E-state index in [9.17, 15) is 4.79 Å². The molecule has 1 fully saturated rings. The number of nitrogens with zero attached hydrogens (tertiary/aromatic N) is 3. The molecule has 2 aromatic rings. The van der Waals surface area contributed by atoms with Crippen LogP contribution in [0.3, 0.4) is 0 Å². The van der Waals surface area contributed by atoms with Gasteiger partial charge in [0.1, 0.15) is 6.61 Å². The Kier molecular flexibility index (Phi) is 3.74. The second kappa shape index (κ2) is 5.52. The quantitative estimate of drug-likeness (QED) is 0.805. The zero-order valence-corrected chi connectivity index (χ0v) is 12.9. The van der Waals surface area contributed by atoms with Crippen LogP contribution in [0.15, 0.2) is 16.7 Å². The summed E-state index contributed by atoms with van der Waals surface area (Å²) in [5.41, 5.74) is 1.75. The standard InChI is InChI=1S/C14H16BrN3O2/c1-9-12-7-11(15)8-16-13(12)18(17-9)5-6-20-14(19)10-3-2-4-10/h7-8,10H,2-6H2,1H3. The second-order valence-electron chi connectivity index (χ2n) is 5.13. The maximum absolute atomic E-state index is 11.7. The van der Waals surface area contributed by atoms with Gasteiger partial charge in [-0.05, 0) is 41.8 Å². The number of ether oxygens (including phenoxy) is 1. The number of halogens is 1. The van der Waals surface area contributed by atoms with Crippen LogP contribution in [0.4, 0.5) is 0 Å². The van der Waals surface area contributed by atoms with E-state index in [1.165, 1.54) is 0 Å². The van der Waals surface area contributed by atoms with E-state index < -0.39 is 0 Å². The van der Waals surface area contributed by atoms with Crippen LogP contribution in [0.25, 0.3) is 11.0 Å². The predicted molar refractivity (Wildman–Crippen MR) is 78.3 cm³/mol. The molecule has 0 aromatic carbocycles. The first-order valence-electron chi connectivity index (χ1n) is 6.80. The van der Waals surface area contributed by atoms with E-state index in [4.69, 9.17) is 4.74 Å². The molecule has 106 valence electrons. The average Bonchev–Trinajstić information content (AvgIpc) is 2.64. The molecule has 0 saturated heterocycles. The van der Waals surface area contributed by atoms with Gasteiger partial charge in [-0.15, -0.1) is 0 Å². The van der Waals surface area contributed by atoms with Gasteiger partial charge in [0.25, 0.3) is 0 Å². The molecule has 6 heteroatoms. The highest BCUT2D eigenvalue weighted by Gasteiger charge is 2.26. The molecule has 0 atom stereocenters. The SMILES string of the molecule is Cc1nn(CCOC(=O)C2CCC2)c2ncc(Br)cc12. The minimum Gasteiger partial charge on any atom is -0.463 e. The van der Waals surface area contributed by atoms with Crippen molar-refractivity contribution in [3.8, 4) is 0 Å². The van der Waals surface area contributed by atoms with Crippen molar-refractivity contribution < 1.29 is 9.53 Å². The number of fused-ring (bicyclic) bond motifs is 1. The lowest BCUT2D eigenvalue weighted by Crippen LogP contribution is -2.25. The van der Waals surface area contributed by atoms with E-state index in [1.54, 1.807) is 10.9 Å². The number of rotatable bonds is 4. The van der Waals surface area contributed by atoms with Crippen molar-refractivity contribution in [3.63, 3.8) is 0 Å².